The highest BCUT2D eigenvalue weighted by atomic mass is 16.5. The Labute approximate surface area is 77.4 Å². The molecular formula is C8H15NO4. The van der Waals surface area contributed by atoms with Gasteiger partial charge in [0.15, 0.2) is 0 Å². The Balaban J connectivity index is 3.71. The second kappa shape index (κ2) is 6.42. The molecule has 0 rings (SSSR count). The van der Waals surface area contributed by atoms with E-state index in [0.29, 0.717) is 6.61 Å². The summed E-state index contributed by atoms with van der Waals surface area (Å²) < 4.78 is 9.27. The number of rotatable bonds is 5. The monoisotopic (exact) mass is 189 g/mol. The molecule has 13 heavy (non-hydrogen) atoms. The summed E-state index contributed by atoms with van der Waals surface area (Å²) in [6, 6.07) is -0.627. The summed E-state index contributed by atoms with van der Waals surface area (Å²) in [5.41, 5.74) is 0. The van der Waals surface area contributed by atoms with Crippen molar-refractivity contribution in [2.45, 2.75) is 19.9 Å². The van der Waals surface area contributed by atoms with Gasteiger partial charge in [-0.25, -0.2) is 4.79 Å². The van der Waals surface area contributed by atoms with Gasteiger partial charge in [-0.2, -0.15) is 0 Å². The quantitative estimate of drug-likeness (QED) is 0.603. The van der Waals surface area contributed by atoms with Crippen LogP contribution in [-0.4, -0.2) is 38.2 Å². The first kappa shape index (κ1) is 11.9. The number of carbonyl (C=O) groups excluding carboxylic acids is 2. The minimum atomic E-state index is -0.627. The third-order valence-corrected chi connectivity index (χ3v) is 1.37. The Kier molecular flexibility index (Phi) is 5.88. The maximum Gasteiger partial charge on any atom is 0.328 e. The van der Waals surface area contributed by atoms with Crippen molar-refractivity contribution in [3.05, 3.63) is 0 Å². The standard InChI is InChI=1S/C8H15NO4/c1-4-13-5-7(10)9-6(2)8(11)12-3/h6H,4-5H2,1-3H3,(H,9,10)/t6-/m0/s1. The van der Waals surface area contributed by atoms with Crippen LogP contribution in [0.4, 0.5) is 0 Å². The maximum absolute atomic E-state index is 11.0. The molecule has 0 spiro atoms. The molecule has 1 atom stereocenters. The van der Waals surface area contributed by atoms with Crippen LogP contribution >= 0.6 is 0 Å². The lowest BCUT2D eigenvalue weighted by Crippen LogP contribution is -2.40. The predicted molar refractivity (Wildman–Crippen MR) is 46.1 cm³/mol. The third kappa shape index (κ3) is 5.19. The Bertz CT molecular complexity index is 181. The van der Waals surface area contributed by atoms with Crippen molar-refractivity contribution in [2.75, 3.05) is 20.3 Å². The first-order valence-corrected chi connectivity index (χ1v) is 4.06. The SMILES string of the molecule is CCOCC(=O)N[C@@H](C)C(=O)OC. The van der Waals surface area contributed by atoms with E-state index in [1.54, 1.807) is 13.8 Å². The van der Waals surface area contributed by atoms with Crippen molar-refractivity contribution in [2.24, 2.45) is 0 Å². The largest absolute Gasteiger partial charge is 0.467 e. The molecule has 0 radical (unpaired) electrons. The molecule has 1 amide bonds. The van der Waals surface area contributed by atoms with Gasteiger partial charge >= 0.3 is 5.97 Å². The van der Waals surface area contributed by atoms with Crippen LogP contribution in [0.3, 0.4) is 0 Å². The average molecular weight is 189 g/mol. The summed E-state index contributed by atoms with van der Waals surface area (Å²) >= 11 is 0. The highest BCUT2D eigenvalue weighted by Gasteiger charge is 2.14. The van der Waals surface area contributed by atoms with E-state index < -0.39 is 12.0 Å². The number of nitrogens with one attached hydrogen (secondary N) is 1. The van der Waals surface area contributed by atoms with Crippen LogP contribution in [-0.2, 0) is 19.1 Å². The lowest BCUT2D eigenvalue weighted by molar-refractivity contribution is -0.145. The van der Waals surface area contributed by atoms with E-state index in [1.165, 1.54) is 7.11 Å². The minimum absolute atomic E-state index is 0.0299. The van der Waals surface area contributed by atoms with Gasteiger partial charge in [0.2, 0.25) is 5.91 Å². The molecule has 5 heteroatoms. The number of methoxy groups -OCH3 is 1. The zero-order chi connectivity index (χ0) is 10.3. The van der Waals surface area contributed by atoms with Gasteiger partial charge in [-0.1, -0.05) is 0 Å². The van der Waals surface area contributed by atoms with Gasteiger partial charge in [-0.05, 0) is 13.8 Å². The fourth-order valence-corrected chi connectivity index (χ4v) is 0.714. The number of carbonyl (C=O) groups is 2. The van der Waals surface area contributed by atoms with E-state index in [9.17, 15) is 9.59 Å². The van der Waals surface area contributed by atoms with Crippen molar-refractivity contribution in [1.29, 1.82) is 0 Å². The van der Waals surface area contributed by atoms with Gasteiger partial charge in [-0.15, -0.1) is 0 Å². The molecule has 0 saturated heterocycles. The Morgan fingerprint density at radius 1 is 1.46 bits per heavy atom. The number of ether oxygens (including phenoxy) is 2. The highest BCUT2D eigenvalue weighted by Crippen LogP contribution is 1.86. The van der Waals surface area contributed by atoms with Gasteiger partial charge in [0.05, 0.1) is 7.11 Å². The molecule has 0 aromatic rings. The van der Waals surface area contributed by atoms with E-state index in [-0.39, 0.29) is 12.5 Å². The first-order valence-electron chi connectivity index (χ1n) is 4.06. The lowest BCUT2D eigenvalue weighted by Gasteiger charge is -2.10. The number of hydrogen-bond acceptors (Lipinski definition) is 4. The Morgan fingerprint density at radius 3 is 2.54 bits per heavy atom. The van der Waals surface area contributed by atoms with Crippen molar-refractivity contribution in [3.8, 4) is 0 Å². The van der Waals surface area contributed by atoms with Crippen LogP contribution in [0.1, 0.15) is 13.8 Å². The number of hydrogen-bond donors (Lipinski definition) is 1. The van der Waals surface area contributed by atoms with Crippen LogP contribution in [0.5, 0.6) is 0 Å². The van der Waals surface area contributed by atoms with Gasteiger partial charge in [0.1, 0.15) is 12.6 Å². The molecule has 0 aliphatic heterocycles. The van der Waals surface area contributed by atoms with Gasteiger partial charge in [-0.3, -0.25) is 4.79 Å². The van der Waals surface area contributed by atoms with E-state index in [1.807, 2.05) is 0 Å². The molecule has 0 aliphatic rings. The van der Waals surface area contributed by atoms with Crippen molar-refractivity contribution >= 4 is 11.9 Å². The fraction of sp³-hybridized carbons (Fsp3) is 0.750. The lowest BCUT2D eigenvalue weighted by atomic mass is 10.3. The number of esters is 1. The second-order valence-corrected chi connectivity index (χ2v) is 2.45. The highest BCUT2D eigenvalue weighted by molar-refractivity contribution is 5.84. The molecule has 0 saturated carbocycles. The molecule has 0 heterocycles. The molecule has 0 aromatic heterocycles. The van der Waals surface area contributed by atoms with E-state index in [2.05, 4.69) is 10.1 Å². The molecule has 1 N–H and O–H groups in total. The summed E-state index contributed by atoms with van der Waals surface area (Å²) in [5.74, 6) is -0.787. The zero-order valence-electron chi connectivity index (χ0n) is 8.12. The predicted octanol–water partition coefficient (Wildman–Crippen LogP) is -0.299. The fourth-order valence-electron chi connectivity index (χ4n) is 0.714. The molecule has 76 valence electrons. The van der Waals surface area contributed by atoms with Crippen LogP contribution < -0.4 is 5.32 Å². The molecule has 0 aliphatic carbocycles. The van der Waals surface area contributed by atoms with E-state index in [4.69, 9.17) is 4.74 Å². The minimum Gasteiger partial charge on any atom is -0.467 e. The van der Waals surface area contributed by atoms with Crippen molar-refractivity contribution < 1.29 is 19.1 Å². The Morgan fingerprint density at radius 2 is 2.08 bits per heavy atom. The van der Waals surface area contributed by atoms with E-state index in [0.717, 1.165) is 0 Å². The third-order valence-electron chi connectivity index (χ3n) is 1.37. The summed E-state index contributed by atoms with van der Waals surface area (Å²) in [4.78, 5) is 21.8. The zero-order valence-corrected chi connectivity index (χ0v) is 8.12. The van der Waals surface area contributed by atoms with Gasteiger partial charge in [0.25, 0.3) is 0 Å². The average Bonchev–Trinajstić information content (AvgIpc) is 2.13. The topological polar surface area (TPSA) is 64.6 Å². The van der Waals surface area contributed by atoms with Crippen LogP contribution in [0.2, 0.25) is 0 Å². The summed E-state index contributed by atoms with van der Waals surface area (Å²) in [6.45, 7) is 3.78. The van der Waals surface area contributed by atoms with Gasteiger partial charge < -0.3 is 14.8 Å². The summed E-state index contributed by atoms with van der Waals surface area (Å²) in [5, 5.41) is 2.43. The van der Waals surface area contributed by atoms with Gasteiger partial charge in [0, 0.05) is 6.61 Å². The first-order chi connectivity index (χ1) is 6.11. The molecule has 5 nitrogen and oxygen atoms in total. The molecule has 0 unspecified atom stereocenters. The van der Waals surface area contributed by atoms with Crippen LogP contribution in [0.25, 0.3) is 0 Å². The molecule has 0 fully saturated rings. The molecular weight excluding hydrogens is 174 g/mol. The second-order valence-electron chi connectivity index (χ2n) is 2.45. The smallest absolute Gasteiger partial charge is 0.328 e. The maximum atomic E-state index is 11.0. The summed E-state index contributed by atoms with van der Waals surface area (Å²) in [6.07, 6.45) is 0. The molecule has 0 bridgehead atoms. The summed E-state index contributed by atoms with van der Waals surface area (Å²) in [7, 11) is 1.27. The van der Waals surface area contributed by atoms with Crippen molar-refractivity contribution in [1.82, 2.24) is 5.32 Å². The normalized spacial score (nSPS) is 11.9. The number of amides is 1. The molecule has 0 aromatic carbocycles. The van der Waals surface area contributed by atoms with Crippen molar-refractivity contribution in [3.63, 3.8) is 0 Å². The van der Waals surface area contributed by atoms with Crippen LogP contribution in [0, 0.1) is 0 Å². The van der Waals surface area contributed by atoms with E-state index >= 15 is 0 Å². The van der Waals surface area contributed by atoms with Crippen LogP contribution in [0.15, 0.2) is 0 Å². The Hall–Kier alpha value is -1.10.